The number of rotatable bonds is 5. The molecule has 100 valence electrons. The van der Waals surface area contributed by atoms with Crippen molar-refractivity contribution in [1.29, 1.82) is 0 Å². The molecule has 1 atom stereocenters. The maximum Gasteiger partial charge on any atom is 0.251 e. The molecule has 0 heterocycles. The van der Waals surface area contributed by atoms with E-state index >= 15 is 0 Å². The van der Waals surface area contributed by atoms with Gasteiger partial charge in [-0.3, -0.25) is 4.79 Å². The molecule has 1 aromatic carbocycles. The number of carbonyl (C=O) groups is 1. The van der Waals surface area contributed by atoms with Gasteiger partial charge >= 0.3 is 0 Å². The largest absolute Gasteiger partial charge is 0.506 e. The van der Waals surface area contributed by atoms with Gasteiger partial charge in [0.1, 0.15) is 5.75 Å². The summed E-state index contributed by atoms with van der Waals surface area (Å²) in [6, 6.07) is 4.31. The van der Waals surface area contributed by atoms with Crippen LogP contribution in [0.1, 0.15) is 24.2 Å². The van der Waals surface area contributed by atoms with E-state index in [0.29, 0.717) is 12.2 Å². The van der Waals surface area contributed by atoms with E-state index in [1.54, 1.807) is 7.11 Å². The lowest BCUT2D eigenvalue weighted by atomic mass is 10.0. The first-order valence-corrected chi connectivity index (χ1v) is 6.11. The van der Waals surface area contributed by atoms with Crippen molar-refractivity contribution in [2.45, 2.75) is 19.9 Å². The summed E-state index contributed by atoms with van der Waals surface area (Å²) in [4.78, 5) is 12.0. The average molecular weight is 272 g/mol. The minimum Gasteiger partial charge on any atom is -0.506 e. The molecule has 1 unspecified atom stereocenters. The van der Waals surface area contributed by atoms with Crippen molar-refractivity contribution in [2.24, 2.45) is 5.92 Å². The Balaban J connectivity index is 2.77. The summed E-state index contributed by atoms with van der Waals surface area (Å²) in [6.07, 6.45) is 0. The van der Waals surface area contributed by atoms with Gasteiger partial charge in [0.2, 0.25) is 0 Å². The third-order valence-electron chi connectivity index (χ3n) is 2.68. The number of benzene rings is 1. The summed E-state index contributed by atoms with van der Waals surface area (Å²) in [5.41, 5.74) is 0.416. The fourth-order valence-corrected chi connectivity index (χ4v) is 1.66. The predicted octanol–water partition coefficient (Wildman–Crippen LogP) is 2.45. The van der Waals surface area contributed by atoms with Crippen molar-refractivity contribution in [3.63, 3.8) is 0 Å². The van der Waals surface area contributed by atoms with Crippen LogP contribution in [-0.4, -0.2) is 30.8 Å². The van der Waals surface area contributed by atoms with Crippen LogP contribution in [0.3, 0.4) is 0 Å². The van der Waals surface area contributed by atoms with Crippen LogP contribution >= 0.6 is 11.6 Å². The van der Waals surface area contributed by atoms with Gasteiger partial charge < -0.3 is 15.2 Å². The summed E-state index contributed by atoms with van der Waals surface area (Å²) < 4.78 is 5.06. The molecular weight excluding hydrogens is 254 g/mol. The van der Waals surface area contributed by atoms with Crippen LogP contribution in [0.2, 0.25) is 5.02 Å². The Hall–Kier alpha value is -1.26. The van der Waals surface area contributed by atoms with Gasteiger partial charge in [-0.15, -0.1) is 0 Å². The number of halogens is 1. The van der Waals surface area contributed by atoms with Crippen LogP contribution < -0.4 is 5.32 Å². The fraction of sp³-hybridized carbons (Fsp3) is 0.462. The Kier molecular flexibility index (Phi) is 5.44. The molecule has 0 radical (unpaired) electrons. The van der Waals surface area contributed by atoms with E-state index in [2.05, 4.69) is 5.32 Å². The van der Waals surface area contributed by atoms with Gasteiger partial charge in [-0.1, -0.05) is 25.4 Å². The standard InChI is InChI=1S/C13H18ClNO3/c1-8(2)11(7-18-3)15-13(17)9-4-5-12(16)10(14)6-9/h4-6,8,11,16H,7H2,1-3H3,(H,15,17). The minimum absolute atomic E-state index is 0.0366. The van der Waals surface area contributed by atoms with Gasteiger partial charge in [-0.25, -0.2) is 0 Å². The van der Waals surface area contributed by atoms with Crippen molar-refractivity contribution in [3.05, 3.63) is 28.8 Å². The summed E-state index contributed by atoms with van der Waals surface area (Å²) in [7, 11) is 1.60. The van der Waals surface area contributed by atoms with E-state index in [9.17, 15) is 9.90 Å². The second-order valence-corrected chi connectivity index (χ2v) is 4.85. The second kappa shape index (κ2) is 6.61. The fourth-order valence-electron chi connectivity index (χ4n) is 1.48. The van der Waals surface area contributed by atoms with Crippen LogP contribution in [0.25, 0.3) is 0 Å². The van der Waals surface area contributed by atoms with Crippen LogP contribution in [0.4, 0.5) is 0 Å². The van der Waals surface area contributed by atoms with Gasteiger partial charge in [0.25, 0.3) is 5.91 Å². The molecule has 0 aliphatic rings. The molecule has 2 N–H and O–H groups in total. The van der Waals surface area contributed by atoms with Gasteiger partial charge in [0.05, 0.1) is 17.7 Å². The first-order chi connectivity index (χ1) is 8.45. The summed E-state index contributed by atoms with van der Waals surface area (Å²) in [5.74, 6) is -0.000320. The Bertz CT molecular complexity index is 421. The van der Waals surface area contributed by atoms with Crippen molar-refractivity contribution >= 4 is 17.5 Å². The molecule has 1 amide bonds. The maximum absolute atomic E-state index is 12.0. The highest BCUT2D eigenvalue weighted by atomic mass is 35.5. The van der Waals surface area contributed by atoms with Gasteiger partial charge in [0.15, 0.2) is 0 Å². The SMILES string of the molecule is COCC(NC(=O)c1ccc(O)c(Cl)c1)C(C)C. The van der Waals surface area contributed by atoms with Crippen LogP contribution in [0, 0.1) is 5.92 Å². The van der Waals surface area contributed by atoms with E-state index in [-0.39, 0.29) is 28.6 Å². The summed E-state index contributed by atoms with van der Waals surface area (Å²) in [6.45, 7) is 4.47. The van der Waals surface area contributed by atoms with Crippen molar-refractivity contribution in [1.82, 2.24) is 5.32 Å². The molecule has 0 fully saturated rings. The third kappa shape index (κ3) is 3.89. The molecule has 0 aromatic heterocycles. The van der Waals surface area contributed by atoms with E-state index in [4.69, 9.17) is 16.3 Å². The molecule has 0 saturated heterocycles. The number of nitrogens with one attached hydrogen (secondary N) is 1. The van der Waals surface area contributed by atoms with E-state index in [1.165, 1.54) is 18.2 Å². The lowest BCUT2D eigenvalue weighted by molar-refractivity contribution is 0.0866. The summed E-state index contributed by atoms with van der Waals surface area (Å²) in [5, 5.41) is 12.3. The first-order valence-electron chi connectivity index (χ1n) is 5.74. The minimum atomic E-state index is -0.229. The zero-order valence-corrected chi connectivity index (χ0v) is 11.5. The number of phenols is 1. The number of hydrogen-bond donors (Lipinski definition) is 2. The van der Waals surface area contributed by atoms with Crippen LogP contribution in [-0.2, 0) is 4.74 Å². The Labute approximate surface area is 112 Å². The van der Waals surface area contributed by atoms with Crippen molar-refractivity contribution in [2.75, 3.05) is 13.7 Å². The summed E-state index contributed by atoms with van der Waals surface area (Å²) >= 11 is 5.76. The molecule has 18 heavy (non-hydrogen) atoms. The number of hydrogen-bond acceptors (Lipinski definition) is 3. The molecule has 0 bridgehead atoms. The highest BCUT2D eigenvalue weighted by Crippen LogP contribution is 2.23. The zero-order chi connectivity index (χ0) is 13.7. The Morgan fingerprint density at radius 3 is 2.67 bits per heavy atom. The Morgan fingerprint density at radius 1 is 1.50 bits per heavy atom. The van der Waals surface area contributed by atoms with Gasteiger partial charge in [0, 0.05) is 12.7 Å². The molecule has 0 aliphatic heterocycles. The van der Waals surface area contributed by atoms with Gasteiger partial charge in [-0.05, 0) is 24.1 Å². The van der Waals surface area contributed by atoms with E-state index < -0.39 is 0 Å². The first kappa shape index (κ1) is 14.8. The lowest BCUT2D eigenvalue weighted by Crippen LogP contribution is -2.41. The van der Waals surface area contributed by atoms with Crippen molar-refractivity contribution in [3.8, 4) is 5.75 Å². The number of methoxy groups -OCH3 is 1. The topological polar surface area (TPSA) is 58.6 Å². The number of carbonyl (C=O) groups excluding carboxylic acids is 1. The van der Waals surface area contributed by atoms with E-state index in [0.717, 1.165) is 0 Å². The quantitative estimate of drug-likeness (QED) is 0.865. The maximum atomic E-state index is 12.0. The van der Waals surface area contributed by atoms with Crippen LogP contribution in [0.15, 0.2) is 18.2 Å². The number of amides is 1. The average Bonchev–Trinajstić information content (AvgIpc) is 2.31. The lowest BCUT2D eigenvalue weighted by Gasteiger charge is -2.21. The molecule has 5 heteroatoms. The molecule has 1 rings (SSSR count). The van der Waals surface area contributed by atoms with Crippen LogP contribution in [0.5, 0.6) is 5.75 Å². The molecule has 0 spiro atoms. The smallest absolute Gasteiger partial charge is 0.251 e. The zero-order valence-electron chi connectivity index (χ0n) is 10.7. The Morgan fingerprint density at radius 2 is 2.17 bits per heavy atom. The third-order valence-corrected chi connectivity index (χ3v) is 2.98. The molecule has 0 saturated carbocycles. The molecular formula is C13H18ClNO3. The molecule has 4 nitrogen and oxygen atoms in total. The monoisotopic (exact) mass is 271 g/mol. The second-order valence-electron chi connectivity index (χ2n) is 4.45. The molecule has 1 aromatic rings. The highest BCUT2D eigenvalue weighted by molar-refractivity contribution is 6.32. The molecule has 0 aliphatic carbocycles. The van der Waals surface area contributed by atoms with Gasteiger partial charge in [-0.2, -0.15) is 0 Å². The number of aromatic hydroxyl groups is 1. The normalized spacial score (nSPS) is 12.5. The number of phenolic OH excluding ortho intramolecular Hbond substituents is 1. The number of ether oxygens (including phenoxy) is 1. The predicted molar refractivity (Wildman–Crippen MR) is 71.1 cm³/mol. The van der Waals surface area contributed by atoms with Crippen molar-refractivity contribution < 1.29 is 14.6 Å². The van der Waals surface area contributed by atoms with E-state index in [1.807, 2.05) is 13.8 Å². The highest BCUT2D eigenvalue weighted by Gasteiger charge is 2.17.